The van der Waals surface area contributed by atoms with Crippen LogP contribution in [0.4, 0.5) is 25.3 Å². The molecule has 4 heterocycles. The number of carbonyl (C=O) groups is 2. The van der Waals surface area contributed by atoms with Crippen LogP contribution in [0.3, 0.4) is 0 Å². The molecule has 2 aliphatic heterocycles. The van der Waals surface area contributed by atoms with Crippen LogP contribution in [0.1, 0.15) is 37.9 Å². The number of carbonyl (C=O) groups excluding carboxylic acids is 2. The molecular weight excluding hydrogens is 512 g/mol. The van der Waals surface area contributed by atoms with Gasteiger partial charge in [-0.1, -0.05) is 12.1 Å². The molecular formula is C26H29F2N7O4. The Balaban J connectivity index is 1.24. The topological polar surface area (TPSA) is 115 Å². The first-order valence-corrected chi connectivity index (χ1v) is 13.2. The van der Waals surface area contributed by atoms with Gasteiger partial charge in [0.25, 0.3) is 12.3 Å². The van der Waals surface area contributed by atoms with E-state index in [9.17, 15) is 18.4 Å². The molecule has 1 aliphatic carbocycles. The minimum atomic E-state index is -2.79. The van der Waals surface area contributed by atoms with Crippen LogP contribution in [0.15, 0.2) is 30.3 Å². The highest BCUT2D eigenvalue weighted by Gasteiger charge is 2.38. The van der Waals surface area contributed by atoms with Gasteiger partial charge in [-0.3, -0.25) is 9.36 Å². The average molecular weight is 542 g/mol. The minimum Gasteiger partial charge on any atom is -0.439 e. The number of hydrogen-bond acceptors (Lipinski definition) is 9. The molecule has 1 aromatic carbocycles. The number of ether oxygens (including phenoxy) is 2. The summed E-state index contributed by atoms with van der Waals surface area (Å²) in [5.41, 5.74) is 1.00. The highest BCUT2D eigenvalue weighted by atomic mass is 19.3. The van der Waals surface area contributed by atoms with E-state index in [1.165, 1.54) is 9.47 Å². The van der Waals surface area contributed by atoms with Gasteiger partial charge in [0.1, 0.15) is 11.6 Å². The van der Waals surface area contributed by atoms with Crippen LogP contribution in [0, 0.1) is 5.92 Å². The van der Waals surface area contributed by atoms with E-state index in [0.717, 1.165) is 12.8 Å². The molecule has 11 nitrogen and oxygen atoms in total. The summed E-state index contributed by atoms with van der Waals surface area (Å²) in [5, 5.41) is 3.32. The second-order valence-electron chi connectivity index (χ2n) is 9.98. The predicted octanol–water partition coefficient (Wildman–Crippen LogP) is 3.54. The van der Waals surface area contributed by atoms with Crippen molar-refractivity contribution < 1.29 is 27.8 Å². The third kappa shape index (κ3) is 5.10. The van der Waals surface area contributed by atoms with E-state index in [2.05, 4.69) is 20.2 Å². The van der Waals surface area contributed by atoms with Crippen molar-refractivity contribution >= 4 is 34.8 Å². The minimum absolute atomic E-state index is 0.140. The van der Waals surface area contributed by atoms with Crippen LogP contribution in [0.5, 0.6) is 0 Å². The van der Waals surface area contributed by atoms with Crippen LogP contribution >= 0.6 is 0 Å². The molecule has 206 valence electrons. The first kappa shape index (κ1) is 25.4. The summed E-state index contributed by atoms with van der Waals surface area (Å²) >= 11 is 0. The Hall–Kier alpha value is -3.87. The molecule has 2 amide bonds. The molecule has 3 fully saturated rings. The zero-order chi connectivity index (χ0) is 26.9. The Morgan fingerprint density at radius 2 is 1.74 bits per heavy atom. The number of aromatic nitrogens is 4. The van der Waals surface area contributed by atoms with Crippen LogP contribution in [0.2, 0.25) is 0 Å². The Morgan fingerprint density at radius 1 is 1.00 bits per heavy atom. The summed E-state index contributed by atoms with van der Waals surface area (Å²) in [7, 11) is 0. The molecule has 39 heavy (non-hydrogen) atoms. The number of amides is 2. The number of imidazole rings is 1. The lowest BCUT2D eigenvalue weighted by Gasteiger charge is -2.32. The van der Waals surface area contributed by atoms with Crippen molar-refractivity contribution in [1.82, 2.24) is 24.4 Å². The largest absolute Gasteiger partial charge is 0.439 e. The van der Waals surface area contributed by atoms with Crippen molar-refractivity contribution in [2.24, 2.45) is 5.92 Å². The number of imide groups is 1. The number of halogens is 2. The first-order valence-electron chi connectivity index (χ1n) is 13.2. The number of para-hydroxylation sites is 2. The number of nitrogens with one attached hydrogen (secondary N) is 1. The number of rotatable bonds is 7. The van der Waals surface area contributed by atoms with Gasteiger partial charge >= 0.3 is 6.09 Å². The third-order valence-corrected chi connectivity index (χ3v) is 7.56. The molecule has 2 aromatic heterocycles. The van der Waals surface area contributed by atoms with Crippen LogP contribution in [0.25, 0.3) is 16.9 Å². The van der Waals surface area contributed by atoms with Crippen molar-refractivity contribution in [3.63, 3.8) is 0 Å². The lowest BCUT2D eigenvalue weighted by molar-refractivity contribution is -0.127. The summed E-state index contributed by atoms with van der Waals surface area (Å²) < 4.78 is 39.9. The molecule has 1 N–H and O–H groups in total. The third-order valence-electron chi connectivity index (χ3n) is 7.56. The van der Waals surface area contributed by atoms with Crippen LogP contribution < -0.4 is 10.2 Å². The molecule has 0 spiro atoms. The fourth-order valence-electron chi connectivity index (χ4n) is 5.56. The van der Waals surface area contributed by atoms with Gasteiger partial charge in [0.2, 0.25) is 5.95 Å². The summed E-state index contributed by atoms with van der Waals surface area (Å²) in [4.78, 5) is 40.7. The maximum Gasteiger partial charge on any atom is 0.417 e. The average Bonchev–Trinajstić information content (AvgIpc) is 3.52. The van der Waals surface area contributed by atoms with E-state index in [4.69, 9.17) is 14.5 Å². The summed E-state index contributed by atoms with van der Waals surface area (Å²) in [6.45, 7) is 2.75. The quantitative estimate of drug-likeness (QED) is 0.480. The SMILES string of the molecule is O=C1COC(=O)N1[C@H]1CC[C@H](CNc2nc(N3CCOCC3)cc(-n3c(C(F)F)nc4ccccc43)n2)CC1. The number of nitrogens with zero attached hydrogens (tertiary/aromatic N) is 6. The smallest absolute Gasteiger partial charge is 0.417 e. The molecule has 0 radical (unpaired) electrons. The van der Waals surface area contributed by atoms with Crippen molar-refractivity contribution in [2.75, 3.05) is 49.7 Å². The maximum atomic E-state index is 14.1. The van der Waals surface area contributed by atoms with Gasteiger partial charge in [-0.15, -0.1) is 0 Å². The number of cyclic esters (lactones) is 1. The molecule has 13 heteroatoms. The van der Waals surface area contributed by atoms with E-state index >= 15 is 0 Å². The number of morpholine rings is 1. The van der Waals surface area contributed by atoms with Crippen molar-refractivity contribution in [2.45, 2.75) is 38.2 Å². The lowest BCUT2D eigenvalue weighted by atomic mass is 9.85. The van der Waals surface area contributed by atoms with Gasteiger partial charge in [0.15, 0.2) is 12.4 Å². The number of alkyl halides is 2. The van der Waals surface area contributed by atoms with Crippen molar-refractivity contribution in [3.05, 3.63) is 36.2 Å². The van der Waals surface area contributed by atoms with Gasteiger partial charge in [0.05, 0.1) is 24.2 Å². The van der Waals surface area contributed by atoms with E-state index in [0.29, 0.717) is 74.3 Å². The first-order chi connectivity index (χ1) is 19.0. The van der Waals surface area contributed by atoms with Gasteiger partial charge in [0, 0.05) is 31.7 Å². The molecule has 2 saturated heterocycles. The molecule has 6 rings (SSSR count). The fraction of sp³-hybridized carbons (Fsp3) is 0.500. The zero-order valence-corrected chi connectivity index (χ0v) is 21.3. The van der Waals surface area contributed by atoms with Gasteiger partial charge in [-0.2, -0.15) is 9.97 Å². The predicted molar refractivity (Wildman–Crippen MR) is 137 cm³/mol. The standard InChI is InChI=1S/C26H29F2N7O4/c27-23(28)24-30-18-3-1-2-4-19(18)35(24)21-13-20(33-9-11-38-12-10-33)31-25(32-21)29-14-16-5-7-17(8-6-16)34-22(36)15-39-26(34)37/h1-4,13,16-17,23H,5-12,14-15H2,(H,29,31,32)/t16-,17-. The highest BCUT2D eigenvalue weighted by Crippen LogP contribution is 2.31. The second kappa shape index (κ2) is 10.7. The maximum absolute atomic E-state index is 14.1. The van der Waals surface area contributed by atoms with Gasteiger partial charge in [-0.25, -0.2) is 23.5 Å². The Bertz CT molecular complexity index is 1350. The molecule has 0 bridgehead atoms. The summed E-state index contributed by atoms with van der Waals surface area (Å²) in [6, 6.07) is 8.57. The van der Waals surface area contributed by atoms with E-state index < -0.39 is 12.5 Å². The summed E-state index contributed by atoms with van der Waals surface area (Å²) in [6.07, 6.45) is -0.320. The van der Waals surface area contributed by atoms with Gasteiger partial charge in [-0.05, 0) is 43.7 Å². The normalized spacial score (nSPS) is 22.1. The molecule has 0 unspecified atom stereocenters. The molecule has 3 aromatic rings. The van der Waals surface area contributed by atoms with Crippen molar-refractivity contribution in [3.8, 4) is 5.82 Å². The van der Waals surface area contributed by atoms with E-state index in [1.54, 1.807) is 30.3 Å². The number of fused-ring (bicyclic) bond motifs is 1. The fourth-order valence-corrected chi connectivity index (χ4v) is 5.56. The Kier molecular flexibility index (Phi) is 6.98. The molecule has 1 saturated carbocycles. The number of hydrogen-bond donors (Lipinski definition) is 1. The Labute approximate surface area is 223 Å². The number of anilines is 2. The number of benzene rings is 1. The van der Waals surface area contributed by atoms with Gasteiger partial charge < -0.3 is 19.7 Å². The monoisotopic (exact) mass is 541 g/mol. The zero-order valence-electron chi connectivity index (χ0n) is 21.3. The van der Waals surface area contributed by atoms with Crippen molar-refractivity contribution in [1.29, 1.82) is 0 Å². The molecule has 3 aliphatic rings. The lowest BCUT2D eigenvalue weighted by Crippen LogP contribution is -2.42. The van der Waals surface area contributed by atoms with Crippen LogP contribution in [-0.4, -0.2) is 81.9 Å². The molecule has 0 atom stereocenters. The van der Waals surface area contributed by atoms with Crippen LogP contribution in [-0.2, 0) is 14.3 Å². The van der Waals surface area contributed by atoms with E-state index in [1.807, 2.05) is 0 Å². The Morgan fingerprint density at radius 3 is 2.46 bits per heavy atom. The second-order valence-corrected chi connectivity index (χ2v) is 9.98. The van der Waals surface area contributed by atoms with E-state index in [-0.39, 0.29) is 30.3 Å². The highest BCUT2D eigenvalue weighted by molar-refractivity contribution is 5.98. The summed E-state index contributed by atoms with van der Waals surface area (Å²) in [5.74, 6) is 0.901.